The third-order valence-electron chi connectivity index (χ3n) is 2.87. The summed E-state index contributed by atoms with van der Waals surface area (Å²) < 4.78 is 25.9. The lowest BCUT2D eigenvalue weighted by Gasteiger charge is -2.15. The fraction of sp³-hybridized carbons (Fsp3) is 0.231. The van der Waals surface area contributed by atoms with Gasteiger partial charge in [-0.1, -0.05) is 6.07 Å². The predicted molar refractivity (Wildman–Crippen MR) is 79.0 cm³/mol. The van der Waals surface area contributed by atoms with Gasteiger partial charge in [-0.15, -0.1) is 11.3 Å². The zero-order valence-corrected chi connectivity index (χ0v) is 12.9. The summed E-state index contributed by atoms with van der Waals surface area (Å²) in [6.45, 7) is 0.277. The lowest BCUT2D eigenvalue weighted by Crippen LogP contribution is -2.28. The Morgan fingerprint density at radius 3 is 2.67 bits per heavy atom. The first kappa shape index (κ1) is 15.6. The molecular formula is C13H14N2O4S2. The minimum atomic E-state index is -3.66. The number of aromatic nitrogens is 1. The number of carboxylic acid groups (broad SMARTS) is 1. The first-order valence-corrected chi connectivity index (χ1v) is 8.36. The van der Waals surface area contributed by atoms with Gasteiger partial charge in [0.1, 0.15) is 9.09 Å². The number of nitrogens with zero attached hydrogens (tertiary/aromatic N) is 2. The molecule has 0 atom stereocenters. The van der Waals surface area contributed by atoms with Gasteiger partial charge >= 0.3 is 5.97 Å². The number of hydrogen-bond donors (Lipinski definition) is 1. The van der Waals surface area contributed by atoms with Gasteiger partial charge in [0.15, 0.2) is 0 Å². The van der Waals surface area contributed by atoms with Crippen LogP contribution in [0, 0.1) is 0 Å². The Morgan fingerprint density at radius 2 is 2.10 bits per heavy atom. The van der Waals surface area contributed by atoms with Crippen molar-refractivity contribution in [1.29, 1.82) is 0 Å². The largest absolute Gasteiger partial charge is 0.477 e. The molecule has 21 heavy (non-hydrogen) atoms. The SMILES string of the molecule is CN(CCc1ccccn1)S(=O)(=O)c1ccc(C(=O)O)s1. The summed E-state index contributed by atoms with van der Waals surface area (Å²) in [6, 6.07) is 8.08. The van der Waals surface area contributed by atoms with Crippen molar-refractivity contribution in [3.05, 3.63) is 47.1 Å². The van der Waals surface area contributed by atoms with Crippen LogP contribution in [0.4, 0.5) is 0 Å². The molecule has 8 heteroatoms. The van der Waals surface area contributed by atoms with E-state index in [0.29, 0.717) is 6.42 Å². The van der Waals surface area contributed by atoms with Crippen LogP contribution in [0.5, 0.6) is 0 Å². The molecule has 0 unspecified atom stereocenters. The van der Waals surface area contributed by atoms with E-state index >= 15 is 0 Å². The van der Waals surface area contributed by atoms with Gasteiger partial charge in [-0.2, -0.15) is 4.31 Å². The van der Waals surface area contributed by atoms with Crippen LogP contribution >= 0.6 is 11.3 Å². The monoisotopic (exact) mass is 326 g/mol. The highest BCUT2D eigenvalue weighted by atomic mass is 32.2. The topological polar surface area (TPSA) is 87.6 Å². The van der Waals surface area contributed by atoms with Gasteiger partial charge < -0.3 is 5.11 Å². The Labute approximate surface area is 126 Å². The summed E-state index contributed by atoms with van der Waals surface area (Å²) in [4.78, 5) is 15.0. The minimum Gasteiger partial charge on any atom is -0.477 e. The summed E-state index contributed by atoms with van der Waals surface area (Å²) in [7, 11) is -2.19. The number of carbonyl (C=O) groups is 1. The van der Waals surface area contributed by atoms with Crippen LogP contribution in [0.15, 0.2) is 40.7 Å². The number of hydrogen-bond acceptors (Lipinski definition) is 5. The maximum Gasteiger partial charge on any atom is 0.345 e. The van der Waals surface area contributed by atoms with Gasteiger partial charge in [-0.25, -0.2) is 13.2 Å². The van der Waals surface area contributed by atoms with Gasteiger partial charge in [-0.05, 0) is 24.3 Å². The molecule has 0 aliphatic carbocycles. The normalized spacial score (nSPS) is 11.7. The van der Waals surface area contributed by atoms with E-state index in [1.807, 2.05) is 12.1 Å². The number of rotatable bonds is 6. The Balaban J connectivity index is 2.09. The van der Waals surface area contributed by atoms with Crippen LogP contribution < -0.4 is 0 Å². The van der Waals surface area contributed by atoms with Crippen LogP contribution in [0.1, 0.15) is 15.4 Å². The summed E-state index contributed by atoms with van der Waals surface area (Å²) in [6.07, 6.45) is 2.15. The molecule has 0 aliphatic heterocycles. The van der Waals surface area contributed by atoms with Gasteiger partial charge in [0.25, 0.3) is 10.0 Å². The van der Waals surface area contributed by atoms with E-state index in [-0.39, 0.29) is 15.6 Å². The summed E-state index contributed by atoms with van der Waals surface area (Å²) in [5.41, 5.74) is 0.803. The standard InChI is InChI=1S/C13H14N2O4S2/c1-15(9-7-10-4-2-3-8-14-10)21(18,19)12-6-5-11(20-12)13(16)17/h2-6,8H,7,9H2,1H3,(H,16,17). The Kier molecular flexibility index (Phi) is 4.71. The Morgan fingerprint density at radius 1 is 1.33 bits per heavy atom. The highest BCUT2D eigenvalue weighted by Crippen LogP contribution is 2.24. The minimum absolute atomic E-state index is 0.00620. The van der Waals surface area contributed by atoms with Crippen molar-refractivity contribution in [3.63, 3.8) is 0 Å². The molecule has 2 aromatic heterocycles. The molecule has 112 valence electrons. The van der Waals surface area contributed by atoms with Crippen molar-refractivity contribution in [1.82, 2.24) is 9.29 Å². The van der Waals surface area contributed by atoms with Gasteiger partial charge in [0, 0.05) is 31.9 Å². The highest BCUT2D eigenvalue weighted by Gasteiger charge is 2.23. The van der Waals surface area contributed by atoms with Gasteiger partial charge in [-0.3, -0.25) is 4.98 Å². The lowest BCUT2D eigenvalue weighted by atomic mass is 10.3. The molecular weight excluding hydrogens is 312 g/mol. The van der Waals surface area contributed by atoms with Crippen LogP contribution in [-0.2, 0) is 16.4 Å². The zero-order valence-electron chi connectivity index (χ0n) is 11.3. The van der Waals surface area contributed by atoms with E-state index in [1.165, 1.54) is 23.5 Å². The van der Waals surface area contributed by atoms with Gasteiger partial charge in [0.2, 0.25) is 0 Å². The molecule has 0 aromatic carbocycles. The summed E-state index contributed by atoms with van der Waals surface area (Å²) in [5.74, 6) is -1.13. The quantitative estimate of drug-likeness (QED) is 0.873. The number of likely N-dealkylation sites (N-methyl/N-ethyl adjacent to an activating group) is 1. The molecule has 0 saturated carbocycles. The molecule has 0 aliphatic rings. The van der Waals surface area contributed by atoms with Crippen molar-refractivity contribution in [3.8, 4) is 0 Å². The van der Waals surface area contributed by atoms with Crippen molar-refractivity contribution >= 4 is 27.3 Å². The van der Waals surface area contributed by atoms with E-state index in [4.69, 9.17) is 5.11 Å². The smallest absolute Gasteiger partial charge is 0.345 e. The molecule has 0 fully saturated rings. The number of aromatic carboxylic acids is 1. The second-order valence-corrected chi connectivity index (χ2v) is 7.68. The summed E-state index contributed by atoms with van der Waals surface area (Å²) >= 11 is 0.753. The van der Waals surface area contributed by atoms with Crippen molar-refractivity contribution in [2.75, 3.05) is 13.6 Å². The Bertz CT molecular complexity index is 726. The van der Waals surface area contributed by atoms with E-state index in [0.717, 1.165) is 17.0 Å². The number of pyridine rings is 1. The summed E-state index contributed by atoms with van der Waals surface area (Å²) in [5, 5.41) is 8.85. The average Bonchev–Trinajstić information content (AvgIpc) is 2.96. The molecule has 2 aromatic rings. The first-order chi connectivity index (χ1) is 9.91. The molecule has 2 rings (SSSR count). The molecule has 2 heterocycles. The van der Waals surface area contributed by atoms with Crippen LogP contribution in [0.25, 0.3) is 0 Å². The van der Waals surface area contributed by atoms with E-state index < -0.39 is 16.0 Å². The number of thiophene rings is 1. The third-order valence-corrected chi connectivity index (χ3v) is 6.26. The number of carboxylic acids is 1. The van der Waals surface area contributed by atoms with Crippen molar-refractivity contribution < 1.29 is 18.3 Å². The zero-order chi connectivity index (χ0) is 15.5. The molecule has 0 amide bonds. The van der Waals surface area contributed by atoms with Crippen LogP contribution in [-0.4, -0.2) is 42.4 Å². The second kappa shape index (κ2) is 6.33. The molecule has 0 radical (unpaired) electrons. The number of sulfonamides is 1. The first-order valence-electron chi connectivity index (χ1n) is 6.10. The highest BCUT2D eigenvalue weighted by molar-refractivity contribution is 7.91. The molecule has 0 saturated heterocycles. The molecule has 0 spiro atoms. The van der Waals surface area contributed by atoms with Crippen molar-refractivity contribution in [2.45, 2.75) is 10.6 Å². The van der Waals surface area contributed by atoms with E-state index in [2.05, 4.69) is 4.98 Å². The predicted octanol–water partition coefficient (Wildman–Crippen LogP) is 1.70. The Hall–Kier alpha value is -1.77. The van der Waals surface area contributed by atoms with Crippen LogP contribution in [0.2, 0.25) is 0 Å². The second-order valence-electron chi connectivity index (χ2n) is 4.32. The molecule has 6 nitrogen and oxygen atoms in total. The van der Waals surface area contributed by atoms with Crippen LogP contribution in [0.3, 0.4) is 0 Å². The molecule has 0 bridgehead atoms. The van der Waals surface area contributed by atoms with E-state index in [9.17, 15) is 13.2 Å². The average molecular weight is 326 g/mol. The third kappa shape index (κ3) is 3.66. The van der Waals surface area contributed by atoms with Gasteiger partial charge in [0.05, 0.1) is 0 Å². The maximum atomic E-state index is 12.3. The molecule has 1 N–H and O–H groups in total. The maximum absolute atomic E-state index is 12.3. The fourth-order valence-corrected chi connectivity index (χ4v) is 4.19. The van der Waals surface area contributed by atoms with Crippen molar-refractivity contribution in [2.24, 2.45) is 0 Å². The lowest BCUT2D eigenvalue weighted by molar-refractivity contribution is 0.0702. The fourth-order valence-electron chi connectivity index (χ4n) is 1.67. The van der Waals surface area contributed by atoms with E-state index in [1.54, 1.807) is 12.3 Å².